The number of para-hydroxylation sites is 1. The van der Waals surface area contributed by atoms with E-state index in [-0.39, 0.29) is 18.2 Å². The number of aryl methyl sites for hydroxylation is 1. The minimum Gasteiger partial charge on any atom is -0.434 e. The van der Waals surface area contributed by atoms with E-state index in [9.17, 15) is 13.6 Å². The Bertz CT molecular complexity index is 1300. The molecule has 1 aliphatic heterocycles. The van der Waals surface area contributed by atoms with E-state index in [1.807, 2.05) is 30.5 Å². The quantitative estimate of drug-likeness (QED) is 0.459. The summed E-state index contributed by atoms with van der Waals surface area (Å²) < 4.78 is 31.6. The van der Waals surface area contributed by atoms with Crippen molar-refractivity contribution in [3.05, 3.63) is 72.1 Å². The molecule has 0 fully saturated rings. The van der Waals surface area contributed by atoms with Gasteiger partial charge in [-0.2, -0.15) is 13.9 Å². The molecule has 0 atom stereocenters. The third-order valence-electron chi connectivity index (χ3n) is 5.23. The molecule has 2 aromatic heterocycles. The second kappa shape index (κ2) is 8.26. The van der Waals surface area contributed by atoms with E-state index in [1.165, 1.54) is 6.07 Å². The first kappa shape index (κ1) is 19.9. The molecule has 0 saturated carbocycles. The van der Waals surface area contributed by atoms with Crippen molar-refractivity contribution in [2.75, 3.05) is 10.6 Å². The lowest BCUT2D eigenvalue weighted by atomic mass is 10.0. The molecule has 0 aliphatic carbocycles. The van der Waals surface area contributed by atoms with Gasteiger partial charge in [0.15, 0.2) is 0 Å². The fraction of sp³-hybridized carbons (Fsp3) is 0.174. The largest absolute Gasteiger partial charge is 0.434 e. The number of benzene rings is 2. The molecule has 1 aliphatic rings. The van der Waals surface area contributed by atoms with Crippen LogP contribution in [0.2, 0.25) is 0 Å². The van der Waals surface area contributed by atoms with E-state index in [1.54, 1.807) is 29.1 Å². The molecule has 2 N–H and O–H groups in total. The van der Waals surface area contributed by atoms with Gasteiger partial charge in [0.25, 0.3) is 0 Å². The fourth-order valence-electron chi connectivity index (χ4n) is 3.75. The van der Waals surface area contributed by atoms with E-state index in [0.717, 1.165) is 27.8 Å². The van der Waals surface area contributed by atoms with E-state index < -0.39 is 6.61 Å². The monoisotopic (exact) mass is 435 g/mol. The Morgan fingerprint density at radius 3 is 2.91 bits per heavy atom. The first-order valence-corrected chi connectivity index (χ1v) is 10.1. The molecule has 0 spiro atoms. The molecule has 2 aromatic carbocycles. The molecular weight excluding hydrogens is 416 g/mol. The number of alkyl halides is 2. The van der Waals surface area contributed by atoms with Gasteiger partial charge in [-0.05, 0) is 36.2 Å². The number of hydrogen-bond acceptors (Lipinski definition) is 5. The predicted octanol–water partition coefficient (Wildman–Crippen LogP) is 4.71. The third-order valence-corrected chi connectivity index (χ3v) is 5.23. The molecular formula is C23H19F2N5O2. The number of carbonyl (C=O) groups is 1. The summed E-state index contributed by atoms with van der Waals surface area (Å²) in [4.78, 5) is 16.0. The maximum atomic E-state index is 12.7. The van der Waals surface area contributed by atoms with Crippen LogP contribution in [0, 0.1) is 0 Å². The Labute approximate surface area is 182 Å². The standard InChI is InChI=1S/C23H19F2N5O2/c24-23(25)32-20-4-2-1-3-15(20)12-30-13-16-11-26-21(10-19(16)29-30)27-17-6-7-18-14(9-17)5-8-22(31)28-18/h1-4,6-7,9-11,13,23,27H,5,8,12H2,(H,28,31). The molecule has 0 unspecified atom stereocenters. The third kappa shape index (κ3) is 4.22. The molecule has 32 heavy (non-hydrogen) atoms. The zero-order valence-corrected chi connectivity index (χ0v) is 16.9. The lowest BCUT2D eigenvalue weighted by Crippen LogP contribution is -2.18. The van der Waals surface area contributed by atoms with Crippen molar-refractivity contribution in [3.8, 4) is 5.75 Å². The second-order valence-electron chi connectivity index (χ2n) is 7.49. The molecule has 3 heterocycles. The van der Waals surface area contributed by atoms with Crippen LogP contribution in [0.3, 0.4) is 0 Å². The Morgan fingerprint density at radius 2 is 2.03 bits per heavy atom. The highest BCUT2D eigenvalue weighted by molar-refractivity contribution is 5.94. The van der Waals surface area contributed by atoms with Crippen molar-refractivity contribution < 1.29 is 18.3 Å². The average Bonchev–Trinajstić information content (AvgIpc) is 3.16. The van der Waals surface area contributed by atoms with Crippen LogP contribution < -0.4 is 15.4 Å². The summed E-state index contributed by atoms with van der Waals surface area (Å²) in [7, 11) is 0. The number of fused-ring (bicyclic) bond motifs is 2. The topological polar surface area (TPSA) is 81.1 Å². The number of halogens is 2. The lowest BCUT2D eigenvalue weighted by Gasteiger charge is -2.17. The second-order valence-corrected chi connectivity index (χ2v) is 7.49. The molecule has 0 saturated heterocycles. The van der Waals surface area contributed by atoms with Crippen LogP contribution in [0.25, 0.3) is 10.9 Å². The summed E-state index contributed by atoms with van der Waals surface area (Å²) in [6, 6.07) is 14.2. The Morgan fingerprint density at radius 1 is 1.16 bits per heavy atom. The molecule has 4 aromatic rings. The first-order valence-electron chi connectivity index (χ1n) is 10.1. The minimum atomic E-state index is -2.88. The van der Waals surface area contributed by atoms with Gasteiger partial charge in [0, 0.05) is 47.2 Å². The van der Waals surface area contributed by atoms with Crippen molar-refractivity contribution in [3.63, 3.8) is 0 Å². The number of carbonyl (C=O) groups excluding carboxylic acids is 1. The van der Waals surface area contributed by atoms with Crippen LogP contribution in [0.5, 0.6) is 5.75 Å². The summed E-state index contributed by atoms with van der Waals surface area (Å²) in [5, 5.41) is 11.5. The SMILES string of the molecule is O=C1CCc2cc(Nc3cc4nn(Cc5ccccc5OC(F)F)cc4cn3)ccc2N1. The summed E-state index contributed by atoms with van der Waals surface area (Å²) >= 11 is 0. The highest BCUT2D eigenvalue weighted by atomic mass is 19.3. The highest BCUT2D eigenvalue weighted by Crippen LogP contribution is 2.28. The van der Waals surface area contributed by atoms with Crippen molar-refractivity contribution >= 4 is 34.0 Å². The highest BCUT2D eigenvalue weighted by Gasteiger charge is 2.15. The summed E-state index contributed by atoms with van der Waals surface area (Å²) in [6.07, 6.45) is 4.70. The summed E-state index contributed by atoms with van der Waals surface area (Å²) in [5.41, 5.74) is 4.10. The molecule has 0 radical (unpaired) electrons. The Hall–Kier alpha value is -4.01. The van der Waals surface area contributed by atoms with Gasteiger partial charge in [0.05, 0.1) is 12.1 Å². The minimum absolute atomic E-state index is 0.0318. The molecule has 5 rings (SSSR count). The zero-order valence-electron chi connectivity index (χ0n) is 16.9. The van der Waals surface area contributed by atoms with Gasteiger partial charge in [-0.1, -0.05) is 18.2 Å². The number of aromatic nitrogens is 3. The molecule has 1 amide bonds. The van der Waals surface area contributed by atoms with E-state index in [0.29, 0.717) is 24.2 Å². The Balaban J connectivity index is 1.35. The Kier molecular flexibility index (Phi) is 5.14. The van der Waals surface area contributed by atoms with Crippen molar-refractivity contribution in [2.45, 2.75) is 26.0 Å². The van der Waals surface area contributed by atoms with Gasteiger partial charge >= 0.3 is 6.61 Å². The van der Waals surface area contributed by atoms with Gasteiger partial charge in [-0.15, -0.1) is 0 Å². The normalized spacial score (nSPS) is 13.2. The number of pyridine rings is 1. The van der Waals surface area contributed by atoms with Crippen LogP contribution in [-0.4, -0.2) is 27.3 Å². The number of anilines is 3. The van der Waals surface area contributed by atoms with Crippen LogP contribution >= 0.6 is 0 Å². The van der Waals surface area contributed by atoms with Gasteiger partial charge in [-0.25, -0.2) is 4.98 Å². The number of ether oxygens (including phenoxy) is 1. The molecule has 162 valence electrons. The van der Waals surface area contributed by atoms with Crippen molar-refractivity contribution in [2.24, 2.45) is 0 Å². The fourth-order valence-corrected chi connectivity index (χ4v) is 3.75. The number of rotatable bonds is 6. The first-order chi connectivity index (χ1) is 15.5. The predicted molar refractivity (Wildman–Crippen MR) is 116 cm³/mol. The van der Waals surface area contributed by atoms with Gasteiger partial charge in [-0.3, -0.25) is 9.48 Å². The van der Waals surface area contributed by atoms with Gasteiger partial charge in [0.1, 0.15) is 11.6 Å². The number of amides is 1. The average molecular weight is 435 g/mol. The van der Waals surface area contributed by atoms with Crippen molar-refractivity contribution in [1.29, 1.82) is 0 Å². The summed E-state index contributed by atoms with van der Waals surface area (Å²) in [5.74, 6) is 0.791. The van der Waals surface area contributed by atoms with E-state index in [4.69, 9.17) is 0 Å². The van der Waals surface area contributed by atoms with Crippen LogP contribution in [0.15, 0.2) is 60.9 Å². The smallest absolute Gasteiger partial charge is 0.387 e. The van der Waals surface area contributed by atoms with Crippen LogP contribution in [0.1, 0.15) is 17.5 Å². The molecule has 7 nitrogen and oxygen atoms in total. The van der Waals surface area contributed by atoms with Crippen molar-refractivity contribution in [1.82, 2.24) is 14.8 Å². The summed E-state index contributed by atoms with van der Waals surface area (Å²) in [6.45, 7) is -2.60. The maximum absolute atomic E-state index is 12.7. The number of nitrogens with zero attached hydrogens (tertiary/aromatic N) is 3. The van der Waals surface area contributed by atoms with Crippen LogP contribution in [-0.2, 0) is 17.8 Å². The lowest BCUT2D eigenvalue weighted by molar-refractivity contribution is -0.116. The molecule has 9 heteroatoms. The van der Waals surface area contributed by atoms with Crippen LogP contribution in [0.4, 0.5) is 26.0 Å². The zero-order chi connectivity index (χ0) is 22.1. The van der Waals surface area contributed by atoms with E-state index in [2.05, 4.69) is 25.5 Å². The van der Waals surface area contributed by atoms with E-state index >= 15 is 0 Å². The molecule has 0 bridgehead atoms. The van der Waals surface area contributed by atoms with Gasteiger partial charge < -0.3 is 15.4 Å². The van der Waals surface area contributed by atoms with Gasteiger partial charge in [0.2, 0.25) is 5.91 Å². The number of nitrogens with one attached hydrogen (secondary N) is 2. The maximum Gasteiger partial charge on any atom is 0.387 e. The number of hydrogen-bond donors (Lipinski definition) is 2.